The fraction of sp³-hybridized carbons (Fsp3) is 0.467. The lowest BCUT2D eigenvalue weighted by molar-refractivity contribution is 0.0609. The Bertz CT molecular complexity index is 525. The SMILES string of the molecule is NCC#Cc1ccc(C(=O)N2CCN(CCO)CC2)nc1. The second-order valence-electron chi connectivity index (χ2n) is 4.80. The summed E-state index contributed by atoms with van der Waals surface area (Å²) in [5.41, 5.74) is 6.50. The molecule has 21 heavy (non-hydrogen) atoms. The summed E-state index contributed by atoms with van der Waals surface area (Å²) in [5, 5.41) is 8.91. The van der Waals surface area contributed by atoms with Gasteiger partial charge in [0.1, 0.15) is 5.69 Å². The van der Waals surface area contributed by atoms with Gasteiger partial charge in [-0.25, -0.2) is 4.98 Å². The van der Waals surface area contributed by atoms with E-state index in [0.717, 1.165) is 18.7 Å². The molecule has 0 spiro atoms. The van der Waals surface area contributed by atoms with Gasteiger partial charge in [-0.1, -0.05) is 11.8 Å². The van der Waals surface area contributed by atoms with E-state index in [4.69, 9.17) is 10.8 Å². The Hall–Kier alpha value is -1.94. The maximum atomic E-state index is 12.3. The number of nitrogens with zero attached hydrogens (tertiary/aromatic N) is 3. The first-order valence-electron chi connectivity index (χ1n) is 7.02. The van der Waals surface area contributed by atoms with E-state index in [9.17, 15) is 4.79 Å². The molecule has 0 aromatic carbocycles. The molecule has 0 aliphatic carbocycles. The average molecular weight is 288 g/mol. The monoisotopic (exact) mass is 288 g/mol. The number of hydrogen-bond acceptors (Lipinski definition) is 5. The third-order valence-electron chi connectivity index (χ3n) is 3.39. The number of pyridine rings is 1. The zero-order valence-electron chi connectivity index (χ0n) is 12.0. The van der Waals surface area contributed by atoms with E-state index in [2.05, 4.69) is 21.7 Å². The van der Waals surface area contributed by atoms with Gasteiger partial charge in [-0.05, 0) is 12.1 Å². The Balaban J connectivity index is 1.94. The minimum atomic E-state index is -0.0583. The Kier molecular flexibility index (Phi) is 5.69. The summed E-state index contributed by atoms with van der Waals surface area (Å²) in [6, 6.07) is 3.48. The van der Waals surface area contributed by atoms with Crippen molar-refractivity contribution < 1.29 is 9.90 Å². The molecule has 112 valence electrons. The van der Waals surface area contributed by atoms with Crippen molar-refractivity contribution in [2.75, 3.05) is 45.9 Å². The first-order chi connectivity index (χ1) is 10.2. The molecular formula is C15H20N4O2. The Morgan fingerprint density at radius 1 is 1.33 bits per heavy atom. The van der Waals surface area contributed by atoms with E-state index < -0.39 is 0 Å². The van der Waals surface area contributed by atoms with Crippen molar-refractivity contribution in [2.24, 2.45) is 5.73 Å². The molecule has 0 saturated carbocycles. The van der Waals surface area contributed by atoms with Crippen LogP contribution >= 0.6 is 0 Å². The lowest BCUT2D eigenvalue weighted by Gasteiger charge is -2.34. The zero-order valence-corrected chi connectivity index (χ0v) is 12.0. The molecule has 0 atom stereocenters. The summed E-state index contributed by atoms with van der Waals surface area (Å²) in [6.07, 6.45) is 1.60. The molecule has 1 saturated heterocycles. The first-order valence-corrected chi connectivity index (χ1v) is 7.02. The third kappa shape index (κ3) is 4.26. The van der Waals surface area contributed by atoms with Crippen molar-refractivity contribution in [3.8, 4) is 11.8 Å². The summed E-state index contributed by atoms with van der Waals surface area (Å²) in [5.74, 6) is 5.57. The number of aromatic nitrogens is 1. The van der Waals surface area contributed by atoms with Crippen LogP contribution in [0.25, 0.3) is 0 Å². The Labute approximate surface area is 124 Å². The summed E-state index contributed by atoms with van der Waals surface area (Å²) in [6.45, 7) is 4.01. The average Bonchev–Trinajstić information content (AvgIpc) is 2.54. The normalized spacial score (nSPS) is 15.4. The van der Waals surface area contributed by atoms with Gasteiger partial charge in [0, 0.05) is 44.5 Å². The van der Waals surface area contributed by atoms with Gasteiger partial charge in [0.2, 0.25) is 0 Å². The number of nitrogens with two attached hydrogens (primary N) is 1. The van der Waals surface area contributed by atoms with Gasteiger partial charge in [-0.15, -0.1) is 0 Å². The quantitative estimate of drug-likeness (QED) is 0.707. The zero-order chi connectivity index (χ0) is 15.1. The van der Waals surface area contributed by atoms with Crippen LogP contribution in [0.5, 0.6) is 0 Å². The van der Waals surface area contributed by atoms with Gasteiger partial charge < -0.3 is 15.7 Å². The van der Waals surface area contributed by atoms with Crippen LogP contribution < -0.4 is 5.73 Å². The van der Waals surface area contributed by atoms with E-state index in [1.807, 2.05) is 0 Å². The smallest absolute Gasteiger partial charge is 0.272 e. The van der Waals surface area contributed by atoms with Crippen LogP contribution in [0.4, 0.5) is 0 Å². The van der Waals surface area contributed by atoms with Crippen molar-refractivity contribution in [1.82, 2.24) is 14.8 Å². The van der Waals surface area contributed by atoms with Gasteiger partial charge in [-0.2, -0.15) is 0 Å². The van der Waals surface area contributed by atoms with Gasteiger partial charge in [0.05, 0.1) is 13.2 Å². The predicted octanol–water partition coefficient (Wildman–Crippen LogP) is -0.858. The molecule has 0 unspecified atom stereocenters. The molecule has 0 radical (unpaired) electrons. The molecule has 1 fully saturated rings. The van der Waals surface area contributed by atoms with Gasteiger partial charge in [-0.3, -0.25) is 9.69 Å². The topological polar surface area (TPSA) is 82.7 Å². The minimum absolute atomic E-state index is 0.0583. The van der Waals surface area contributed by atoms with Crippen LogP contribution in [0.1, 0.15) is 16.1 Å². The number of amides is 1. The highest BCUT2D eigenvalue weighted by molar-refractivity contribution is 5.92. The molecule has 6 nitrogen and oxygen atoms in total. The van der Waals surface area contributed by atoms with E-state index in [1.165, 1.54) is 0 Å². The molecule has 6 heteroatoms. The molecule has 0 bridgehead atoms. The van der Waals surface area contributed by atoms with Gasteiger partial charge in [0.25, 0.3) is 5.91 Å². The Morgan fingerprint density at radius 2 is 2.10 bits per heavy atom. The second-order valence-corrected chi connectivity index (χ2v) is 4.80. The predicted molar refractivity (Wildman–Crippen MR) is 79.6 cm³/mol. The minimum Gasteiger partial charge on any atom is -0.395 e. The maximum Gasteiger partial charge on any atom is 0.272 e. The van der Waals surface area contributed by atoms with Crippen LogP contribution in [-0.2, 0) is 0 Å². The van der Waals surface area contributed by atoms with E-state index >= 15 is 0 Å². The van der Waals surface area contributed by atoms with Crippen LogP contribution in [0, 0.1) is 11.8 Å². The second kappa shape index (κ2) is 7.74. The lowest BCUT2D eigenvalue weighted by atomic mass is 10.2. The van der Waals surface area contributed by atoms with Crippen LogP contribution in [-0.4, -0.2) is 71.7 Å². The number of carbonyl (C=O) groups is 1. The largest absolute Gasteiger partial charge is 0.395 e. The van der Waals surface area contributed by atoms with Gasteiger partial charge >= 0.3 is 0 Å². The molecule has 1 aliphatic rings. The highest BCUT2D eigenvalue weighted by Crippen LogP contribution is 2.07. The van der Waals surface area contributed by atoms with E-state index in [0.29, 0.717) is 31.9 Å². The molecule has 2 rings (SSSR count). The van der Waals surface area contributed by atoms with Crippen molar-refractivity contribution in [3.05, 3.63) is 29.6 Å². The first kappa shape index (κ1) is 15.4. The molecular weight excluding hydrogens is 268 g/mol. The molecule has 3 N–H and O–H groups in total. The van der Waals surface area contributed by atoms with Crippen molar-refractivity contribution >= 4 is 5.91 Å². The summed E-state index contributed by atoms with van der Waals surface area (Å²) in [4.78, 5) is 20.4. The number of aliphatic hydroxyl groups excluding tert-OH is 1. The van der Waals surface area contributed by atoms with Crippen molar-refractivity contribution in [3.63, 3.8) is 0 Å². The number of β-amino-alcohol motifs (C(OH)–C–C–N with tert-alkyl or cyclic N) is 1. The van der Waals surface area contributed by atoms with Crippen molar-refractivity contribution in [2.45, 2.75) is 0 Å². The molecule has 1 aliphatic heterocycles. The number of aliphatic hydroxyl groups is 1. The van der Waals surface area contributed by atoms with Crippen LogP contribution in [0.15, 0.2) is 18.3 Å². The molecule has 1 amide bonds. The molecule has 2 heterocycles. The molecule has 1 aromatic heterocycles. The third-order valence-corrected chi connectivity index (χ3v) is 3.39. The summed E-state index contributed by atoms with van der Waals surface area (Å²) < 4.78 is 0. The highest BCUT2D eigenvalue weighted by atomic mass is 16.3. The molecule has 1 aromatic rings. The summed E-state index contributed by atoms with van der Waals surface area (Å²) >= 11 is 0. The van der Waals surface area contributed by atoms with Crippen LogP contribution in [0.2, 0.25) is 0 Å². The maximum absolute atomic E-state index is 12.3. The fourth-order valence-corrected chi connectivity index (χ4v) is 2.23. The number of carbonyl (C=O) groups excluding carboxylic acids is 1. The van der Waals surface area contributed by atoms with E-state index in [1.54, 1.807) is 23.2 Å². The Morgan fingerprint density at radius 3 is 2.67 bits per heavy atom. The lowest BCUT2D eigenvalue weighted by Crippen LogP contribution is -2.49. The summed E-state index contributed by atoms with van der Waals surface area (Å²) in [7, 11) is 0. The number of rotatable bonds is 3. The number of piperazine rings is 1. The van der Waals surface area contributed by atoms with Gasteiger partial charge in [0.15, 0.2) is 0 Å². The van der Waals surface area contributed by atoms with Crippen LogP contribution in [0.3, 0.4) is 0 Å². The fourth-order valence-electron chi connectivity index (χ4n) is 2.23. The van der Waals surface area contributed by atoms with E-state index in [-0.39, 0.29) is 12.5 Å². The number of hydrogen-bond donors (Lipinski definition) is 2. The van der Waals surface area contributed by atoms with Crippen molar-refractivity contribution in [1.29, 1.82) is 0 Å². The highest BCUT2D eigenvalue weighted by Gasteiger charge is 2.22. The standard InChI is InChI=1S/C15H20N4O2/c16-5-1-2-13-3-4-14(17-12-13)15(21)19-8-6-18(7-9-19)10-11-20/h3-4,12,20H,5-11,16H2.